The van der Waals surface area contributed by atoms with E-state index >= 15 is 0 Å². The van der Waals surface area contributed by atoms with Gasteiger partial charge in [0.15, 0.2) is 0 Å². The SMILES string of the molecule is CC(C)[C@H](C)C(=O)N1CCC[C@H]1c1ncc(-c2ccc(Br)c(OC(F)F)c2)[nH]1. The van der Waals surface area contributed by atoms with Crippen LogP contribution in [0.2, 0.25) is 0 Å². The average Bonchev–Trinajstić information content (AvgIpc) is 3.30. The number of amides is 1. The molecule has 28 heavy (non-hydrogen) atoms. The van der Waals surface area contributed by atoms with Crippen LogP contribution in [-0.4, -0.2) is 33.9 Å². The predicted octanol–water partition coefficient (Wildman–Crippen LogP) is 5.40. The molecule has 0 spiro atoms. The van der Waals surface area contributed by atoms with Crippen LogP contribution in [0.4, 0.5) is 8.78 Å². The van der Waals surface area contributed by atoms with Crippen LogP contribution in [0.15, 0.2) is 28.9 Å². The van der Waals surface area contributed by atoms with Gasteiger partial charge in [0, 0.05) is 18.0 Å². The molecule has 1 N–H and O–H groups in total. The van der Waals surface area contributed by atoms with Crippen molar-refractivity contribution in [2.45, 2.75) is 46.3 Å². The molecule has 8 heteroatoms. The topological polar surface area (TPSA) is 58.2 Å². The Morgan fingerprint density at radius 1 is 1.36 bits per heavy atom. The number of ether oxygens (including phenoxy) is 1. The maximum Gasteiger partial charge on any atom is 0.387 e. The quantitative estimate of drug-likeness (QED) is 0.634. The van der Waals surface area contributed by atoms with Gasteiger partial charge in [-0.25, -0.2) is 4.98 Å². The maximum atomic E-state index is 12.8. The van der Waals surface area contributed by atoms with Crippen LogP contribution in [0.3, 0.4) is 0 Å². The molecular weight excluding hydrogens is 432 g/mol. The van der Waals surface area contributed by atoms with Crippen molar-refractivity contribution in [2.75, 3.05) is 6.54 Å². The molecule has 1 aromatic heterocycles. The third kappa shape index (κ3) is 4.37. The van der Waals surface area contributed by atoms with Gasteiger partial charge in [0.05, 0.1) is 22.4 Å². The largest absolute Gasteiger partial charge is 0.434 e. The molecule has 152 valence electrons. The molecule has 2 aromatic rings. The minimum absolute atomic E-state index is 0.0458. The van der Waals surface area contributed by atoms with E-state index in [0.717, 1.165) is 25.2 Å². The van der Waals surface area contributed by atoms with Crippen LogP contribution in [0.25, 0.3) is 11.3 Å². The van der Waals surface area contributed by atoms with E-state index in [1.54, 1.807) is 18.3 Å². The number of carbonyl (C=O) groups excluding carboxylic acids is 1. The summed E-state index contributed by atoms with van der Waals surface area (Å²) in [5.74, 6) is 1.15. The maximum absolute atomic E-state index is 12.8. The standard InChI is InChI=1S/C20H24BrF2N3O2/c1-11(2)12(3)19(27)26-8-4-5-16(26)18-24-10-15(25-18)13-6-7-14(21)17(9-13)28-20(22)23/h6-7,9-12,16,20H,4-5,8H2,1-3H3,(H,24,25)/t12-,16-/m0/s1. The number of nitrogens with one attached hydrogen (secondary N) is 1. The lowest BCUT2D eigenvalue weighted by atomic mass is 9.96. The van der Waals surface area contributed by atoms with Crippen molar-refractivity contribution < 1.29 is 18.3 Å². The molecule has 2 heterocycles. The third-order valence-electron chi connectivity index (χ3n) is 5.29. The van der Waals surface area contributed by atoms with E-state index in [9.17, 15) is 13.6 Å². The van der Waals surface area contributed by atoms with Crippen molar-refractivity contribution >= 4 is 21.8 Å². The van der Waals surface area contributed by atoms with Gasteiger partial charge in [-0.15, -0.1) is 0 Å². The summed E-state index contributed by atoms with van der Waals surface area (Å²) in [5, 5.41) is 0. The first-order chi connectivity index (χ1) is 13.3. The summed E-state index contributed by atoms with van der Waals surface area (Å²) in [7, 11) is 0. The third-order valence-corrected chi connectivity index (χ3v) is 5.95. The predicted molar refractivity (Wildman–Crippen MR) is 106 cm³/mol. The number of alkyl halides is 2. The summed E-state index contributed by atoms with van der Waals surface area (Å²) in [6.07, 6.45) is 3.45. The van der Waals surface area contributed by atoms with Crippen LogP contribution in [-0.2, 0) is 4.79 Å². The Morgan fingerprint density at radius 3 is 2.79 bits per heavy atom. The van der Waals surface area contributed by atoms with Gasteiger partial charge in [-0.3, -0.25) is 4.79 Å². The molecule has 1 amide bonds. The lowest BCUT2D eigenvalue weighted by Crippen LogP contribution is -2.36. The minimum Gasteiger partial charge on any atom is -0.434 e. The summed E-state index contributed by atoms with van der Waals surface area (Å²) >= 11 is 3.21. The Kier molecular flexibility index (Phi) is 6.37. The van der Waals surface area contributed by atoms with E-state index < -0.39 is 6.61 Å². The van der Waals surface area contributed by atoms with E-state index in [1.165, 1.54) is 6.07 Å². The number of nitrogens with zero attached hydrogens (tertiary/aromatic N) is 2. The molecule has 1 fully saturated rings. The number of imidazole rings is 1. The van der Waals surface area contributed by atoms with Gasteiger partial charge < -0.3 is 14.6 Å². The smallest absolute Gasteiger partial charge is 0.387 e. The second-order valence-electron chi connectivity index (χ2n) is 7.43. The summed E-state index contributed by atoms with van der Waals surface area (Å²) in [4.78, 5) is 22.5. The first kappa shape index (κ1) is 20.8. The Hall–Kier alpha value is -1.96. The zero-order valence-corrected chi connectivity index (χ0v) is 17.7. The molecule has 0 unspecified atom stereocenters. The molecular formula is C20H24BrF2N3O2. The van der Waals surface area contributed by atoms with E-state index in [1.807, 2.05) is 25.7 Å². The monoisotopic (exact) mass is 455 g/mol. The number of carbonyl (C=O) groups is 1. The number of hydrogen-bond acceptors (Lipinski definition) is 3. The second-order valence-corrected chi connectivity index (χ2v) is 8.28. The molecule has 0 saturated carbocycles. The number of H-pyrrole nitrogens is 1. The number of aromatic nitrogens is 2. The number of aromatic amines is 1. The van der Waals surface area contributed by atoms with Crippen LogP contribution in [0.1, 0.15) is 45.5 Å². The number of rotatable bonds is 6. The van der Waals surface area contributed by atoms with Gasteiger partial charge in [0.2, 0.25) is 5.91 Å². The van der Waals surface area contributed by atoms with E-state index in [-0.39, 0.29) is 29.5 Å². The number of benzene rings is 1. The van der Waals surface area contributed by atoms with Crippen molar-refractivity contribution in [1.82, 2.24) is 14.9 Å². The lowest BCUT2D eigenvalue weighted by molar-refractivity contribution is -0.137. The fourth-order valence-electron chi connectivity index (χ4n) is 3.37. The van der Waals surface area contributed by atoms with Gasteiger partial charge >= 0.3 is 6.61 Å². The average molecular weight is 456 g/mol. The summed E-state index contributed by atoms with van der Waals surface area (Å²) in [6, 6.07) is 4.89. The van der Waals surface area contributed by atoms with E-state index in [0.29, 0.717) is 15.7 Å². The first-order valence-electron chi connectivity index (χ1n) is 9.38. The molecule has 1 aromatic carbocycles. The molecule has 1 aliphatic heterocycles. The van der Waals surface area contributed by atoms with Crippen molar-refractivity contribution in [1.29, 1.82) is 0 Å². The summed E-state index contributed by atoms with van der Waals surface area (Å²) in [5.41, 5.74) is 1.38. The number of halogens is 3. The molecule has 0 bridgehead atoms. The molecule has 3 rings (SSSR count). The molecule has 0 aliphatic carbocycles. The van der Waals surface area contributed by atoms with Gasteiger partial charge in [-0.1, -0.05) is 26.8 Å². The zero-order valence-electron chi connectivity index (χ0n) is 16.1. The molecule has 2 atom stereocenters. The van der Waals surface area contributed by atoms with Crippen LogP contribution < -0.4 is 4.74 Å². The van der Waals surface area contributed by atoms with Crippen molar-refractivity contribution in [3.8, 4) is 17.0 Å². The number of likely N-dealkylation sites (tertiary alicyclic amines) is 1. The van der Waals surface area contributed by atoms with Gasteiger partial charge in [-0.2, -0.15) is 8.78 Å². The Labute approximate surface area is 171 Å². The van der Waals surface area contributed by atoms with Crippen molar-refractivity contribution in [3.05, 3.63) is 34.7 Å². The Balaban J connectivity index is 1.83. The fourth-order valence-corrected chi connectivity index (χ4v) is 3.71. The summed E-state index contributed by atoms with van der Waals surface area (Å²) in [6.45, 7) is 3.88. The molecule has 0 radical (unpaired) electrons. The van der Waals surface area contributed by atoms with E-state index in [2.05, 4.69) is 30.6 Å². The second kappa shape index (κ2) is 8.59. The Morgan fingerprint density at radius 2 is 2.11 bits per heavy atom. The Bertz CT molecular complexity index is 841. The van der Waals surface area contributed by atoms with E-state index in [4.69, 9.17) is 0 Å². The van der Waals surface area contributed by atoms with Gasteiger partial charge in [-0.05, 0) is 46.8 Å². The highest BCUT2D eigenvalue weighted by molar-refractivity contribution is 9.10. The molecule has 1 aliphatic rings. The first-order valence-corrected chi connectivity index (χ1v) is 10.2. The van der Waals surface area contributed by atoms with Crippen LogP contribution in [0.5, 0.6) is 5.75 Å². The fraction of sp³-hybridized carbons (Fsp3) is 0.500. The van der Waals surface area contributed by atoms with Gasteiger partial charge in [0.1, 0.15) is 11.6 Å². The van der Waals surface area contributed by atoms with Crippen molar-refractivity contribution in [3.63, 3.8) is 0 Å². The molecule has 1 saturated heterocycles. The highest BCUT2D eigenvalue weighted by Crippen LogP contribution is 2.35. The van der Waals surface area contributed by atoms with Crippen LogP contribution >= 0.6 is 15.9 Å². The van der Waals surface area contributed by atoms with Gasteiger partial charge in [0.25, 0.3) is 0 Å². The van der Waals surface area contributed by atoms with Crippen LogP contribution in [0, 0.1) is 11.8 Å². The highest BCUT2D eigenvalue weighted by atomic mass is 79.9. The lowest BCUT2D eigenvalue weighted by Gasteiger charge is -2.27. The van der Waals surface area contributed by atoms with Crippen molar-refractivity contribution in [2.24, 2.45) is 11.8 Å². The zero-order chi connectivity index (χ0) is 20.4. The summed E-state index contributed by atoms with van der Waals surface area (Å²) < 4.78 is 30.2. The molecule has 5 nitrogen and oxygen atoms in total. The minimum atomic E-state index is -2.90. The normalized spacial score (nSPS) is 18.1. The number of hydrogen-bond donors (Lipinski definition) is 1. The highest BCUT2D eigenvalue weighted by Gasteiger charge is 2.34.